The lowest BCUT2D eigenvalue weighted by atomic mass is 10.1. The van der Waals surface area contributed by atoms with E-state index in [1.807, 2.05) is 60.7 Å². The van der Waals surface area contributed by atoms with Crippen LogP contribution in [0.3, 0.4) is 0 Å². The highest BCUT2D eigenvalue weighted by Gasteiger charge is 2.07. The number of nitrogens with one attached hydrogen (secondary N) is 1. The molecular formula is C23H18N2OS. The van der Waals surface area contributed by atoms with Gasteiger partial charge in [0, 0.05) is 28.6 Å². The van der Waals surface area contributed by atoms with Gasteiger partial charge in [-0.15, -0.1) is 11.3 Å². The first kappa shape index (κ1) is 17.2. The summed E-state index contributed by atoms with van der Waals surface area (Å²) in [6.07, 6.45) is 0. The standard InChI is InChI=1S/C23H18N2OS/c26-22(19-9-5-2-6-10-19)24-15-17-11-13-20(14-12-17)23-25-21(16-27-23)18-7-3-1-4-8-18/h1-14,16H,15H2,(H,24,26). The molecule has 1 N–H and O–H groups in total. The van der Waals surface area contributed by atoms with Crippen molar-refractivity contribution in [2.45, 2.75) is 6.54 Å². The number of rotatable bonds is 5. The number of amides is 1. The van der Waals surface area contributed by atoms with Gasteiger partial charge in [-0.3, -0.25) is 4.79 Å². The second-order valence-corrected chi connectivity index (χ2v) is 7.01. The molecule has 4 aromatic rings. The third-order valence-corrected chi connectivity index (χ3v) is 5.16. The minimum atomic E-state index is -0.0629. The zero-order valence-corrected chi connectivity index (χ0v) is 15.4. The van der Waals surface area contributed by atoms with Crippen LogP contribution in [0, 0.1) is 0 Å². The number of nitrogens with zero attached hydrogens (tertiary/aromatic N) is 1. The Labute approximate surface area is 162 Å². The molecule has 0 radical (unpaired) electrons. The molecule has 3 nitrogen and oxygen atoms in total. The van der Waals surface area contributed by atoms with E-state index in [0.717, 1.165) is 27.4 Å². The maximum Gasteiger partial charge on any atom is 0.251 e. The van der Waals surface area contributed by atoms with Crippen molar-refractivity contribution in [3.63, 3.8) is 0 Å². The number of benzene rings is 3. The molecule has 0 saturated heterocycles. The van der Waals surface area contributed by atoms with Crippen molar-refractivity contribution < 1.29 is 4.79 Å². The summed E-state index contributed by atoms with van der Waals surface area (Å²) in [6.45, 7) is 0.501. The summed E-state index contributed by atoms with van der Waals surface area (Å²) in [5, 5.41) is 6.02. The van der Waals surface area contributed by atoms with Gasteiger partial charge in [0.25, 0.3) is 5.91 Å². The van der Waals surface area contributed by atoms with Gasteiger partial charge in [0.15, 0.2) is 0 Å². The van der Waals surface area contributed by atoms with Gasteiger partial charge in [0.2, 0.25) is 0 Å². The molecule has 0 spiro atoms. The average molecular weight is 370 g/mol. The number of carbonyl (C=O) groups is 1. The Morgan fingerprint density at radius 1 is 0.815 bits per heavy atom. The Balaban J connectivity index is 1.42. The van der Waals surface area contributed by atoms with Gasteiger partial charge in [-0.1, -0.05) is 72.8 Å². The van der Waals surface area contributed by atoms with Gasteiger partial charge in [-0.25, -0.2) is 4.98 Å². The van der Waals surface area contributed by atoms with Crippen molar-refractivity contribution in [2.24, 2.45) is 0 Å². The summed E-state index contributed by atoms with van der Waals surface area (Å²) in [7, 11) is 0. The molecule has 4 rings (SSSR count). The highest BCUT2D eigenvalue weighted by atomic mass is 32.1. The first-order valence-corrected chi connectivity index (χ1v) is 9.61. The minimum absolute atomic E-state index is 0.0629. The number of thiazole rings is 1. The van der Waals surface area contributed by atoms with E-state index in [9.17, 15) is 4.79 Å². The van der Waals surface area contributed by atoms with E-state index in [0.29, 0.717) is 12.1 Å². The first-order chi connectivity index (χ1) is 13.3. The van der Waals surface area contributed by atoms with Gasteiger partial charge >= 0.3 is 0 Å². The topological polar surface area (TPSA) is 42.0 Å². The molecule has 0 saturated carbocycles. The van der Waals surface area contributed by atoms with E-state index in [2.05, 4.69) is 35.0 Å². The minimum Gasteiger partial charge on any atom is -0.348 e. The number of carbonyl (C=O) groups excluding carboxylic acids is 1. The van der Waals surface area contributed by atoms with Crippen LogP contribution >= 0.6 is 11.3 Å². The van der Waals surface area contributed by atoms with Crippen LogP contribution in [-0.4, -0.2) is 10.9 Å². The lowest BCUT2D eigenvalue weighted by Gasteiger charge is -2.06. The van der Waals surface area contributed by atoms with Crippen molar-refractivity contribution in [1.82, 2.24) is 10.3 Å². The van der Waals surface area contributed by atoms with Gasteiger partial charge in [-0.05, 0) is 17.7 Å². The number of hydrogen-bond acceptors (Lipinski definition) is 3. The normalized spacial score (nSPS) is 10.5. The molecule has 0 unspecified atom stereocenters. The van der Waals surface area contributed by atoms with Crippen molar-refractivity contribution in [1.29, 1.82) is 0 Å². The summed E-state index contributed by atoms with van der Waals surface area (Å²) >= 11 is 1.64. The Bertz CT molecular complexity index is 1020. The Kier molecular flexibility index (Phi) is 5.08. The molecular weight excluding hydrogens is 352 g/mol. The molecule has 4 heteroatoms. The van der Waals surface area contributed by atoms with Crippen molar-refractivity contribution in [3.05, 3.63) is 101 Å². The molecule has 0 atom stereocenters. The lowest BCUT2D eigenvalue weighted by molar-refractivity contribution is 0.0951. The molecule has 1 amide bonds. The molecule has 27 heavy (non-hydrogen) atoms. The molecule has 0 aliphatic carbocycles. The predicted molar refractivity (Wildman–Crippen MR) is 111 cm³/mol. The third-order valence-electron chi connectivity index (χ3n) is 4.26. The fourth-order valence-corrected chi connectivity index (χ4v) is 3.62. The van der Waals surface area contributed by atoms with Gasteiger partial charge in [0.05, 0.1) is 5.69 Å². The molecule has 0 aliphatic heterocycles. The van der Waals surface area contributed by atoms with E-state index in [1.54, 1.807) is 11.3 Å². The second kappa shape index (κ2) is 7.98. The summed E-state index contributed by atoms with van der Waals surface area (Å²) in [6, 6.07) is 27.6. The van der Waals surface area contributed by atoms with Gasteiger partial charge < -0.3 is 5.32 Å². The molecule has 1 aromatic heterocycles. The molecule has 0 aliphatic rings. The van der Waals surface area contributed by atoms with Crippen LogP contribution in [0.2, 0.25) is 0 Å². The first-order valence-electron chi connectivity index (χ1n) is 8.73. The van der Waals surface area contributed by atoms with Gasteiger partial charge in [-0.2, -0.15) is 0 Å². The SMILES string of the molecule is O=C(NCc1ccc(-c2nc(-c3ccccc3)cs2)cc1)c1ccccc1. The summed E-state index contributed by atoms with van der Waals surface area (Å²) in [5.41, 5.74) is 4.93. The summed E-state index contributed by atoms with van der Waals surface area (Å²) < 4.78 is 0. The van der Waals surface area contributed by atoms with Crippen molar-refractivity contribution >= 4 is 17.2 Å². The zero-order chi connectivity index (χ0) is 18.5. The van der Waals surface area contributed by atoms with Crippen LogP contribution in [0.25, 0.3) is 21.8 Å². The molecule has 3 aromatic carbocycles. The number of hydrogen-bond donors (Lipinski definition) is 1. The van der Waals surface area contributed by atoms with Crippen LogP contribution < -0.4 is 5.32 Å². The zero-order valence-electron chi connectivity index (χ0n) is 14.6. The van der Waals surface area contributed by atoms with E-state index in [4.69, 9.17) is 4.98 Å². The van der Waals surface area contributed by atoms with E-state index >= 15 is 0 Å². The monoisotopic (exact) mass is 370 g/mol. The quantitative estimate of drug-likeness (QED) is 0.510. The maximum atomic E-state index is 12.1. The maximum absolute atomic E-state index is 12.1. The Morgan fingerprint density at radius 2 is 1.48 bits per heavy atom. The second-order valence-electron chi connectivity index (χ2n) is 6.15. The van der Waals surface area contributed by atoms with Crippen LogP contribution in [0.4, 0.5) is 0 Å². The average Bonchev–Trinajstić information content (AvgIpc) is 3.24. The third kappa shape index (κ3) is 4.13. The predicted octanol–water partition coefficient (Wildman–Crippen LogP) is 5.41. The largest absolute Gasteiger partial charge is 0.348 e. The number of aromatic nitrogens is 1. The fourth-order valence-electron chi connectivity index (χ4n) is 2.79. The Morgan fingerprint density at radius 3 is 2.19 bits per heavy atom. The molecule has 1 heterocycles. The molecule has 0 bridgehead atoms. The van der Waals surface area contributed by atoms with Crippen LogP contribution in [0.1, 0.15) is 15.9 Å². The lowest BCUT2D eigenvalue weighted by Crippen LogP contribution is -2.22. The van der Waals surface area contributed by atoms with Crippen LogP contribution in [0.5, 0.6) is 0 Å². The smallest absolute Gasteiger partial charge is 0.251 e. The van der Waals surface area contributed by atoms with Crippen LogP contribution in [-0.2, 0) is 6.54 Å². The van der Waals surface area contributed by atoms with Gasteiger partial charge in [0.1, 0.15) is 5.01 Å². The Hall–Kier alpha value is -3.24. The van der Waals surface area contributed by atoms with Crippen molar-refractivity contribution in [2.75, 3.05) is 0 Å². The van der Waals surface area contributed by atoms with E-state index in [1.165, 1.54) is 0 Å². The summed E-state index contributed by atoms with van der Waals surface area (Å²) in [4.78, 5) is 16.9. The highest BCUT2D eigenvalue weighted by molar-refractivity contribution is 7.13. The molecule has 0 fully saturated rings. The summed E-state index contributed by atoms with van der Waals surface area (Å²) in [5.74, 6) is -0.0629. The highest BCUT2D eigenvalue weighted by Crippen LogP contribution is 2.28. The van der Waals surface area contributed by atoms with Crippen molar-refractivity contribution in [3.8, 4) is 21.8 Å². The fraction of sp³-hybridized carbons (Fsp3) is 0.0435. The molecule has 132 valence electrons. The van der Waals surface area contributed by atoms with E-state index < -0.39 is 0 Å². The van der Waals surface area contributed by atoms with E-state index in [-0.39, 0.29) is 5.91 Å². The van der Waals surface area contributed by atoms with Crippen LogP contribution in [0.15, 0.2) is 90.3 Å².